The fourth-order valence-corrected chi connectivity index (χ4v) is 8.10. The lowest BCUT2D eigenvalue weighted by atomic mass is 9.86. The molecule has 5 atom stereocenters. The van der Waals surface area contributed by atoms with Crippen LogP contribution in [0, 0.1) is 11.3 Å². The van der Waals surface area contributed by atoms with Gasteiger partial charge in [-0.05, 0) is 60.4 Å². The fourth-order valence-electron chi connectivity index (χ4n) is 6.74. The van der Waals surface area contributed by atoms with Gasteiger partial charge in [0.05, 0.1) is 37.4 Å². The van der Waals surface area contributed by atoms with Gasteiger partial charge in [-0.3, -0.25) is 29.3 Å². The molecule has 51 heavy (non-hydrogen) atoms. The molecule has 3 N–H and O–H groups in total. The minimum atomic E-state index is -3.89. The third kappa shape index (κ3) is 7.35. The van der Waals surface area contributed by atoms with Crippen molar-refractivity contribution < 1.29 is 37.0 Å². The highest BCUT2D eigenvalue weighted by Gasteiger charge is 2.67. The Hall–Kier alpha value is -4.76. The van der Waals surface area contributed by atoms with Crippen LogP contribution in [0.5, 0.6) is 17.5 Å². The second-order valence-corrected chi connectivity index (χ2v) is 16.3. The molecule has 1 aliphatic heterocycles. The van der Waals surface area contributed by atoms with E-state index < -0.39 is 68.1 Å². The van der Waals surface area contributed by atoms with Gasteiger partial charge in [-0.25, -0.2) is 18.4 Å². The first-order valence-electron chi connectivity index (χ1n) is 16.9. The van der Waals surface area contributed by atoms with E-state index in [1.807, 2.05) is 39.0 Å². The molecule has 2 aliphatic carbocycles. The minimum absolute atomic E-state index is 0.0835. The number of nitrogens with one attached hydrogen (secondary N) is 3. The summed E-state index contributed by atoms with van der Waals surface area (Å²) in [5.41, 5.74) is -1.48. The SMILES string of the molecule is C=C[C@@H]1C[C@@]1(C(=O)NS(=O)(=O)C1CC1)N1C[C@H](Oc2nccc3cc(OC)ccc23)C[C@H]1C(=O)NC(=O)[C@H](Nc1ccc(OC)nc1)C(C)(C)C. The molecule has 1 saturated heterocycles. The number of likely N-dealkylation sites (tertiary alicyclic amines) is 1. The third-order valence-corrected chi connectivity index (χ3v) is 11.6. The number of nitrogens with zero attached hydrogens (tertiary/aromatic N) is 3. The summed E-state index contributed by atoms with van der Waals surface area (Å²) in [6, 6.07) is 8.78. The number of hydrogen-bond donors (Lipinski definition) is 3. The molecule has 0 bridgehead atoms. The average Bonchev–Trinajstić information content (AvgIpc) is 4.03. The topological polar surface area (TPSA) is 178 Å². The summed E-state index contributed by atoms with van der Waals surface area (Å²) in [5.74, 6) is -0.983. The Labute approximate surface area is 297 Å². The van der Waals surface area contributed by atoms with E-state index in [-0.39, 0.29) is 19.4 Å². The molecule has 3 heterocycles. The normalized spacial score (nSPS) is 23.9. The van der Waals surface area contributed by atoms with Gasteiger partial charge in [0, 0.05) is 36.5 Å². The summed E-state index contributed by atoms with van der Waals surface area (Å²) in [7, 11) is -0.808. The predicted molar refractivity (Wildman–Crippen MR) is 190 cm³/mol. The number of imide groups is 1. The zero-order valence-electron chi connectivity index (χ0n) is 29.3. The fraction of sp³-hybridized carbons (Fsp3) is 0.472. The van der Waals surface area contributed by atoms with Gasteiger partial charge in [-0.1, -0.05) is 26.8 Å². The number of fused-ring (bicyclic) bond motifs is 1. The number of benzene rings is 1. The van der Waals surface area contributed by atoms with Gasteiger partial charge in [-0.2, -0.15) is 0 Å². The molecule has 3 fully saturated rings. The van der Waals surface area contributed by atoms with E-state index in [0.717, 1.165) is 10.8 Å². The zero-order chi connectivity index (χ0) is 36.7. The van der Waals surface area contributed by atoms with E-state index in [0.29, 0.717) is 36.0 Å². The highest BCUT2D eigenvalue weighted by Crippen LogP contribution is 2.53. The summed E-state index contributed by atoms with van der Waals surface area (Å²) in [4.78, 5) is 52.4. The highest BCUT2D eigenvalue weighted by atomic mass is 32.2. The van der Waals surface area contributed by atoms with Crippen molar-refractivity contribution in [1.82, 2.24) is 24.9 Å². The lowest BCUT2D eigenvalue weighted by Gasteiger charge is -2.34. The van der Waals surface area contributed by atoms with Crippen molar-refractivity contribution >= 4 is 44.2 Å². The van der Waals surface area contributed by atoms with Crippen molar-refractivity contribution in [2.24, 2.45) is 11.3 Å². The van der Waals surface area contributed by atoms with Crippen molar-refractivity contribution in [2.75, 3.05) is 26.1 Å². The number of carbonyl (C=O) groups is 3. The smallest absolute Gasteiger partial charge is 0.254 e. The number of rotatable bonds is 13. The van der Waals surface area contributed by atoms with E-state index in [1.54, 1.807) is 42.5 Å². The highest BCUT2D eigenvalue weighted by molar-refractivity contribution is 7.91. The van der Waals surface area contributed by atoms with Gasteiger partial charge in [0.15, 0.2) is 0 Å². The number of amides is 3. The van der Waals surface area contributed by atoms with E-state index in [9.17, 15) is 22.8 Å². The van der Waals surface area contributed by atoms with Gasteiger partial charge < -0.3 is 19.5 Å². The number of sulfonamides is 1. The summed E-state index contributed by atoms with van der Waals surface area (Å²) in [6.45, 7) is 9.56. The molecule has 2 aromatic heterocycles. The van der Waals surface area contributed by atoms with Gasteiger partial charge >= 0.3 is 0 Å². The molecule has 6 rings (SSSR count). The molecular weight excluding hydrogens is 676 g/mol. The maximum atomic E-state index is 14.2. The average molecular weight is 721 g/mol. The van der Waals surface area contributed by atoms with E-state index in [1.165, 1.54) is 13.3 Å². The molecule has 3 amide bonds. The Bertz CT molecular complexity index is 1940. The van der Waals surface area contributed by atoms with Crippen LogP contribution in [-0.4, -0.2) is 90.7 Å². The monoisotopic (exact) mass is 720 g/mol. The van der Waals surface area contributed by atoms with Crippen LogP contribution in [0.2, 0.25) is 0 Å². The number of pyridine rings is 2. The van der Waals surface area contributed by atoms with E-state index >= 15 is 0 Å². The summed E-state index contributed by atoms with van der Waals surface area (Å²) in [5, 5.41) is 6.70. The number of aromatic nitrogens is 2. The Balaban J connectivity index is 1.29. The molecular formula is C36H44N6O8S. The first-order valence-corrected chi connectivity index (χ1v) is 18.4. The maximum absolute atomic E-state index is 14.2. The first-order chi connectivity index (χ1) is 24.2. The molecule has 3 aliphatic rings. The summed E-state index contributed by atoms with van der Waals surface area (Å²) >= 11 is 0. The number of ether oxygens (including phenoxy) is 3. The van der Waals surface area contributed by atoms with Gasteiger partial charge in [0.1, 0.15) is 23.4 Å². The quantitative estimate of drug-likeness (QED) is 0.220. The lowest BCUT2D eigenvalue weighted by molar-refractivity contribution is -0.136. The van der Waals surface area contributed by atoms with Gasteiger partial charge in [0.25, 0.3) is 5.91 Å². The van der Waals surface area contributed by atoms with Gasteiger partial charge in [-0.15, -0.1) is 6.58 Å². The first kappa shape index (κ1) is 36.0. The van der Waals surface area contributed by atoms with Crippen LogP contribution < -0.4 is 29.6 Å². The molecule has 14 nitrogen and oxygen atoms in total. The minimum Gasteiger partial charge on any atom is -0.497 e. The molecule has 1 aromatic carbocycles. The van der Waals surface area contributed by atoms with Gasteiger partial charge in [0.2, 0.25) is 33.6 Å². The number of anilines is 1. The molecule has 0 spiro atoms. The standard InChI is InChI=1S/C36H44N6O8S/c1-7-22-18-36(22,34(45)41-51(46,47)26-10-11-26)42-20-25(50-33-27-12-9-24(48-5)16-21(27)14-15-37-33)17-28(42)31(43)40-32(44)30(35(2,3)4)39-23-8-13-29(49-6)38-19-23/h7-9,12-16,19,22,25-26,28,30,39H,1,10-11,17-18,20H2,2-6H3,(H,41,45)(H,40,43,44)/t22-,25-,28+,30+,36-/m1/s1. The molecule has 272 valence electrons. The van der Waals surface area contributed by atoms with Crippen molar-refractivity contribution in [3.05, 3.63) is 61.4 Å². The predicted octanol–water partition coefficient (Wildman–Crippen LogP) is 3.19. The van der Waals surface area contributed by atoms with Crippen LogP contribution >= 0.6 is 0 Å². The number of hydrogen-bond acceptors (Lipinski definition) is 12. The summed E-state index contributed by atoms with van der Waals surface area (Å²) in [6.07, 6.45) is 5.39. The largest absolute Gasteiger partial charge is 0.497 e. The lowest BCUT2D eigenvalue weighted by Crippen LogP contribution is -2.59. The zero-order valence-corrected chi connectivity index (χ0v) is 30.2. The Morgan fingerprint density at radius 3 is 2.45 bits per heavy atom. The van der Waals surface area contributed by atoms with Crippen molar-refractivity contribution in [3.8, 4) is 17.5 Å². The van der Waals surface area contributed by atoms with Crippen molar-refractivity contribution in [2.45, 2.75) is 75.4 Å². The van der Waals surface area contributed by atoms with Crippen LogP contribution in [0.15, 0.2) is 61.4 Å². The molecule has 0 unspecified atom stereocenters. The Morgan fingerprint density at radius 1 is 1.08 bits per heavy atom. The van der Waals surface area contributed by atoms with Crippen molar-refractivity contribution in [1.29, 1.82) is 0 Å². The molecule has 3 aromatic rings. The second-order valence-electron chi connectivity index (χ2n) is 14.4. The van der Waals surface area contributed by atoms with Crippen LogP contribution in [0.4, 0.5) is 5.69 Å². The number of methoxy groups -OCH3 is 2. The van der Waals surface area contributed by atoms with Crippen LogP contribution in [-0.2, 0) is 24.4 Å². The van der Waals surface area contributed by atoms with Crippen LogP contribution in [0.1, 0.15) is 46.5 Å². The molecule has 2 saturated carbocycles. The maximum Gasteiger partial charge on any atom is 0.254 e. The number of carbonyl (C=O) groups excluding carboxylic acids is 3. The van der Waals surface area contributed by atoms with Crippen LogP contribution in [0.3, 0.4) is 0 Å². The van der Waals surface area contributed by atoms with E-state index in [4.69, 9.17) is 14.2 Å². The third-order valence-electron chi connectivity index (χ3n) is 9.78. The molecule has 0 radical (unpaired) electrons. The van der Waals surface area contributed by atoms with Crippen molar-refractivity contribution in [3.63, 3.8) is 0 Å². The van der Waals surface area contributed by atoms with E-state index in [2.05, 4.69) is 31.9 Å². The van der Waals surface area contributed by atoms with Crippen LogP contribution in [0.25, 0.3) is 10.8 Å². The Kier molecular flexibility index (Phi) is 9.72. The molecule has 15 heteroatoms. The second kappa shape index (κ2) is 13.8. The summed E-state index contributed by atoms with van der Waals surface area (Å²) < 4.78 is 45.1. The Morgan fingerprint density at radius 2 is 1.84 bits per heavy atom.